The zero-order valence-corrected chi connectivity index (χ0v) is 9.40. The van der Waals surface area contributed by atoms with Gasteiger partial charge in [-0.25, -0.2) is 0 Å². The molecule has 0 bridgehead atoms. The lowest BCUT2D eigenvalue weighted by Gasteiger charge is -2.06. The molecule has 0 spiro atoms. The molecule has 74 valence electrons. The van der Waals surface area contributed by atoms with Gasteiger partial charge in [-0.05, 0) is 31.9 Å². The number of hydrogen-bond donors (Lipinski definition) is 1. The summed E-state index contributed by atoms with van der Waals surface area (Å²) in [5, 5.41) is 3.23. The number of thioether (sulfide) groups is 1. The zero-order valence-electron chi connectivity index (χ0n) is 8.58. The van der Waals surface area contributed by atoms with Crippen LogP contribution in [0.2, 0.25) is 0 Å². The highest BCUT2D eigenvalue weighted by molar-refractivity contribution is 7.98. The smallest absolute Gasteiger partial charge is 0.0310 e. The summed E-state index contributed by atoms with van der Waals surface area (Å²) in [4.78, 5) is 0. The van der Waals surface area contributed by atoms with E-state index in [0.29, 0.717) is 6.04 Å². The van der Waals surface area contributed by atoms with Crippen molar-refractivity contribution >= 4 is 11.8 Å². The standard InChI is InChI=1S/C10H18N2S/c1-9(11-2)10-4-5-12(8-10)6-7-13-3/h4-5,8-9,11H,6-7H2,1-3H3. The van der Waals surface area contributed by atoms with Crippen LogP contribution in [0.1, 0.15) is 18.5 Å². The van der Waals surface area contributed by atoms with E-state index < -0.39 is 0 Å². The molecule has 1 rings (SSSR count). The average molecular weight is 198 g/mol. The highest BCUT2D eigenvalue weighted by atomic mass is 32.2. The summed E-state index contributed by atoms with van der Waals surface area (Å²) in [5.74, 6) is 1.18. The topological polar surface area (TPSA) is 17.0 Å². The van der Waals surface area contributed by atoms with Gasteiger partial charge in [-0.15, -0.1) is 0 Å². The van der Waals surface area contributed by atoms with E-state index in [1.54, 1.807) is 0 Å². The quantitative estimate of drug-likeness (QED) is 0.780. The molecule has 13 heavy (non-hydrogen) atoms. The highest BCUT2D eigenvalue weighted by Crippen LogP contribution is 2.12. The fourth-order valence-corrected chi connectivity index (χ4v) is 1.61. The second-order valence-corrected chi connectivity index (χ2v) is 4.17. The van der Waals surface area contributed by atoms with Crippen molar-refractivity contribution in [1.29, 1.82) is 0 Å². The van der Waals surface area contributed by atoms with Crippen molar-refractivity contribution in [3.63, 3.8) is 0 Å². The van der Waals surface area contributed by atoms with Crippen molar-refractivity contribution in [3.05, 3.63) is 24.0 Å². The van der Waals surface area contributed by atoms with Gasteiger partial charge in [0.05, 0.1) is 0 Å². The third kappa shape index (κ3) is 3.08. The van der Waals surface area contributed by atoms with Crippen LogP contribution in [-0.2, 0) is 6.54 Å². The molecule has 3 heteroatoms. The molecule has 1 N–H and O–H groups in total. The van der Waals surface area contributed by atoms with Gasteiger partial charge < -0.3 is 9.88 Å². The van der Waals surface area contributed by atoms with Crippen LogP contribution in [0.15, 0.2) is 18.5 Å². The van der Waals surface area contributed by atoms with Crippen molar-refractivity contribution in [2.45, 2.75) is 19.5 Å². The lowest BCUT2D eigenvalue weighted by atomic mass is 10.2. The summed E-state index contributed by atoms with van der Waals surface area (Å²) >= 11 is 1.88. The minimum absolute atomic E-state index is 0.454. The Morgan fingerprint density at radius 3 is 3.00 bits per heavy atom. The molecule has 0 amide bonds. The maximum Gasteiger partial charge on any atom is 0.0310 e. The van der Waals surface area contributed by atoms with Gasteiger partial charge in [0.25, 0.3) is 0 Å². The third-order valence-electron chi connectivity index (χ3n) is 2.26. The minimum atomic E-state index is 0.454. The van der Waals surface area contributed by atoms with Gasteiger partial charge >= 0.3 is 0 Å². The van der Waals surface area contributed by atoms with Crippen molar-refractivity contribution in [2.24, 2.45) is 0 Å². The first-order valence-corrected chi connectivity index (χ1v) is 5.99. The highest BCUT2D eigenvalue weighted by Gasteiger charge is 2.03. The number of nitrogens with one attached hydrogen (secondary N) is 1. The van der Waals surface area contributed by atoms with E-state index in [4.69, 9.17) is 0 Å². The van der Waals surface area contributed by atoms with Crippen molar-refractivity contribution in [3.8, 4) is 0 Å². The first-order valence-electron chi connectivity index (χ1n) is 4.59. The maximum absolute atomic E-state index is 3.23. The number of hydrogen-bond acceptors (Lipinski definition) is 2. The molecule has 1 unspecified atom stereocenters. The summed E-state index contributed by atoms with van der Waals surface area (Å²) in [6.45, 7) is 3.28. The summed E-state index contributed by atoms with van der Waals surface area (Å²) in [7, 11) is 1.99. The Labute approximate surface area is 84.7 Å². The van der Waals surface area contributed by atoms with Crippen LogP contribution in [-0.4, -0.2) is 23.6 Å². The SMILES string of the molecule is CNC(C)c1ccn(CCSC)c1. The lowest BCUT2D eigenvalue weighted by molar-refractivity contribution is 0.648. The van der Waals surface area contributed by atoms with Crippen LogP contribution in [0.5, 0.6) is 0 Å². The normalized spacial score (nSPS) is 13.2. The summed E-state index contributed by atoms with van der Waals surface area (Å²) in [6, 6.07) is 2.64. The van der Waals surface area contributed by atoms with Gasteiger partial charge in [0.15, 0.2) is 0 Å². The Hall–Kier alpha value is -0.410. The second kappa shape index (κ2) is 5.35. The molecule has 0 saturated carbocycles. The number of aryl methyl sites for hydroxylation is 1. The lowest BCUT2D eigenvalue weighted by Crippen LogP contribution is -2.11. The minimum Gasteiger partial charge on any atom is -0.353 e. The Morgan fingerprint density at radius 2 is 2.38 bits per heavy atom. The predicted octanol–water partition coefficient (Wildman–Crippen LogP) is 2.13. The molecular weight excluding hydrogens is 180 g/mol. The van der Waals surface area contributed by atoms with Gasteiger partial charge in [-0.1, -0.05) is 0 Å². The molecule has 0 saturated heterocycles. The van der Waals surface area contributed by atoms with E-state index in [9.17, 15) is 0 Å². The fraction of sp³-hybridized carbons (Fsp3) is 0.600. The van der Waals surface area contributed by atoms with Crippen LogP contribution in [0, 0.1) is 0 Å². The largest absolute Gasteiger partial charge is 0.353 e. The molecule has 0 aromatic carbocycles. The van der Waals surface area contributed by atoms with E-state index in [0.717, 1.165) is 6.54 Å². The molecule has 0 fully saturated rings. The van der Waals surface area contributed by atoms with Crippen molar-refractivity contribution < 1.29 is 0 Å². The van der Waals surface area contributed by atoms with Gasteiger partial charge in [0, 0.05) is 30.7 Å². The summed E-state index contributed by atoms with van der Waals surface area (Å²) < 4.78 is 2.25. The molecular formula is C10H18N2S. The fourth-order valence-electron chi connectivity index (χ4n) is 1.22. The van der Waals surface area contributed by atoms with Gasteiger partial charge in [-0.2, -0.15) is 11.8 Å². The maximum atomic E-state index is 3.23. The molecule has 2 nitrogen and oxygen atoms in total. The van der Waals surface area contributed by atoms with E-state index in [2.05, 4.69) is 41.5 Å². The van der Waals surface area contributed by atoms with Crippen LogP contribution < -0.4 is 5.32 Å². The molecule has 0 aliphatic rings. The van der Waals surface area contributed by atoms with E-state index in [1.807, 2.05) is 18.8 Å². The van der Waals surface area contributed by atoms with E-state index >= 15 is 0 Å². The van der Waals surface area contributed by atoms with Crippen LogP contribution in [0.25, 0.3) is 0 Å². The Bertz CT molecular complexity index is 245. The average Bonchev–Trinajstić information content (AvgIpc) is 2.62. The van der Waals surface area contributed by atoms with E-state index in [-0.39, 0.29) is 0 Å². The van der Waals surface area contributed by atoms with Gasteiger partial charge in [0.2, 0.25) is 0 Å². The van der Waals surface area contributed by atoms with E-state index in [1.165, 1.54) is 11.3 Å². The van der Waals surface area contributed by atoms with Crippen LogP contribution >= 0.6 is 11.8 Å². The zero-order chi connectivity index (χ0) is 9.68. The van der Waals surface area contributed by atoms with Crippen LogP contribution in [0.4, 0.5) is 0 Å². The molecule has 0 aliphatic carbocycles. The Kier molecular flexibility index (Phi) is 4.39. The second-order valence-electron chi connectivity index (χ2n) is 3.19. The summed E-state index contributed by atoms with van der Waals surface area (Å²) in [5.41, 5.74) is 1.36. The van der Waals surface area contributed by atoms with Crippen LogP contribution in [0.3, 0.4) is 0 Å². The first kappa shape index (κ1) is 10.7. The molecule has 1 aromatic heterocycles. The molecule has 1 heterocycles. The molecule has 0 radical (unpaired) electrons. The predicted molar refractivity (Wildman–Crippen MR) is 60.3 cm³/mol. The van der Waals surface area contributed by atoms with Gasteiger partial charge in [0.1, 0.15) is 0 Å². The number of rotatable bonds is 5. The van der Waals surface area contributed by atoms with Crippen molar-refractivity contribution in [1.82, 2.24) is 9.88 Å². The Balaban J connectivity index is 2.53. The number of nitrogens with zero attached hydrogens (tertiary/aromatic N) is 1. The molecule has 1 aromatic rings. The van der Waals surface area contributed by atoms with Crippen molar-refractivity contribution in [2.75, 3.05) is 19.1 Å². The molecule has 1 atom stereocenters. The monoisotopic (exact) mass is 198 g/mol. The summed E-state index contributed by atoms with van der Waals surface area (Å²) in [6.07, 6.45) is 6.51. The number of aromatic nitrogens is 1. The molecule has 0 aliphatic heterocycles. The third-order valence-corrected chi connectivity index (χ3v) is 2.85. The van der Waals surface area contributed by atoms with Gasteiger partial charge in [-0.3, -0.25) is 0 Å². The Morgan fingerprint density at radius 1 is 1.62 bits per heavy atom. The first-order chi connectivity index (χ1) is 6.27.